The number of anilines is 1. The number of hydrogen-bond acceptors (Lipinski definition) is 4. The quantitative estimate of drug-likeness (QED) is 0.809. The normalized spacial score (nSPS) is 20.3. The van der Waals surface area contributed by atoms with Gasteiger partial charge >= 0.3 is 0 Å². The summed E-state index contributed by atoms with van der Waals surface area (Å²) in [4.78, 5) is 25.5. The summed E-state index contributed by atoms with van der Waals surface area (Å²) in [5, 5.41) is 12.6. The average Bonchev–Trinajstić information content (AvgIpc) is 2.45. The summed E-state index contributed by atoms with van der Waals surface area (Å²) in [6.45, 7) is 2.86. The van der Waals surface area contributed by atoms with Crippen LogP contribution >= 0.6 is 0 Å². The number of fused-ring (bicyclic) bond motifs is 1. The molecular formula is C15H18N2O4. The Bertz CT molecular complexity index is 587. The van der Waals surface area contributed by atoms with Gasteiger partial charge in [0.05, 0.1) is 11.3 Å². The number of nitrogens with one attached hydrogen (secondary N) is 1. The highest BCUT2D eigenvalue weighted by Crippen LogP contribution is 2.29. The van der Waals surface area contributed by atoms with Crippen LogP contribution in [0.3, 0.4) is 0 Å². The maximum atomic E-state index is 12.5. The fourth-order valence-electron chi connectivity index (χ4n) is 2.59. The number of aliphatic hydroxyl groups is 1. The molecule has 0 radical (unpaired) electrons. The van der Waals surface area contributed by atoms with E-state index in [9.17, 15) is 14.7 Å². The van der Waals surface area contributed by atoms with E-state index in [1.165, 1.54) is 0 Å². The fraction of sp³-hybridized carbons (Fsp3) is 0.467. The molecule has 112 valence electrons. The highest BCUT2D eigenvalue weighted by molar-refractivity contribution is 5.99. The van der Waals surface area contributed by atoms with Crippen LogP contribution in [0.2, 0.25) is 0 Å². The van der Waals surface area contributed by atoms with E-state index < -0.39 is 5.60 Å². The number of carbonyl (C=O) groups is 2. The SMILES string of the molecule is CC1(O)CCN(C(=O)c2ccc3c(c2)NC(=O)CO3)CC1. The van der Waals surface area contributed by atoms with Crippen LogP contribution in [0.4, 0.5) is 5.69 Å². The zero-order valence-electron chi connectivity index (χ0n) is 11.9. The third kappa shape index (κ3) is 2.85. The van der Waals surface area contributed by atoms with Crippen molar-refractivity contribution in [3.8, 4) is 5.75 Å². The van der Waals surface area contributed by atoms with Gasteiger partial charge in [-0.1, -0.05) is 0 Å². The zero-order chi connectivity index (χ0) is 15.0. The summed E-state index contributed by atoms with van der Waals surface area (Å²) in [6, 6.07) is 5.04. The minimum Gasteiger partial charge on any atom is -0.482 e. The maximum Gasteiger partial charge on any atom is 0.262 e. The molecule has 0 saturated carbocycles. The molecule has 0 spiro atoms. The molecule has 2 aliphatic rings. The van der Waals surface area contributed by atoms with Gasteiger partial charge in [-0.25, -0.2) is 0 Å². The van der Waals surface area contributed by atoms with Crippen molar-refractivity contribution in [2.75, 3.05) is 25.0 Å². The van der Waals surface area contributed by atoms with Crippen molar-refractivity contribution < 1.29 is 19.4 Å². The van der Waals surface area contributed by atoms with E-state index in [4.69, 9.17) is 4.74 Å². The Kier molecular flexibility index (Phi) is 3.33. The van der Waals surface area contributed by atoms with Gasteiger partial charge in [0.1, 0.15) is 5.75 Å². The highest BCUT2D eigenvalue weighted by Gasteiger charge is 2.30. The summed E-state index contributed by atoms with van der Waals surface area (Å²) in [5.74, 6) is 0.266. The molecule has 1 aromatic rings. The minimum atomic E-state index is -0.686. The molecule has 1 aromatic carbocycles. The smallest absolute Gasteiger partial charge is 0.262 e. The van der Waals surface area contributed by atoms with E-state index in [-0.39, 0.29) is 18.4 Å². The van der Waals surface area contributed by atoms with Gasteiger partial charge in [0, 0.05) is 18.7 Å². The summed E-state index contributed by atoms with van der Waals surface area (Å²) in [7, 11) is 0. The topological polar surface area (TPSA) is 78.9 Å². The van der Waals surface area contributed by atoms with Crippen molar-refractivity contribution in [2.24, 2.45) is 0 Å². The molecule has 0 aromatic heterocycles. The lowest BCUT2D eigenvalue weighted by molar-refractivity contribution is -0.118. The Morgan fingerprint density at radius 2 is 2.10 bits per heavy atom. The van der Waals surface area contributed by atoms with Crippen LogP contribution in [0.25, 0.3) is 0 Å². The number of hydrogen-bond donors (Lipinski definition) is 2. The molecule has 21 heavy (non-hydrogen) atoms. The van der Waals surface area contributed by atoms with Crippen molar-refractivity contribution in [2.45, 2.75) is 25.4 Å². The monoisotopic (exact) mass is 290 g/mol. The molecule has 0 bridgehead atoms. The summed E-state index contributed by atoms with van der Waals surface area (Å²) >= 11 is 0. The Balaban J connectivity index is 1.76. The van der Waals surface area contributed by atoms with E-state index in [0.29, 0.717) is 42.9 Å². The zero-order valence-corrected chi connectivity index (χ0v) is 11.9. The number of likely N-dealkylation sites (tertiary alicyclic amines) is 1. The Morgan fingerprint density at radius 1 is 1.38 bits per heavy atom. The van der Waals surface area contributed by atoms with Crippen molar-refractivity contribution in [1.29, 1.82) is 0 Å². The van der Waals surface area contributed by atoms with Gasteiger partial charge in [-0.15, -0.1) is 0 Å². The third-order valence-corrected chi connectivity index (χ3v) is 3.99. The maximum absolute atomic E-state index is 12.5. The fourth-order valence-corrected chi connectivity index (χ4v) is 2.59. The van der Waals surface area contributed by atoms with Crippen molar-refractivity contribution in [1.82, 2.24) is 4.90 Å². The first-order valence-corrected chi connectivity index (χ1v) is 7.03. The van der Waals surface area contributed by atoms with Crippen LogP contribution in [-0.2, 0) is 4.79 Å². The van der Waals surface area contributed by atoms with E-state index in [2.05, 4.69) is 5.32 Å². The minimum absolute atomic E-state index is 0.00149. The molecule has 1 saturated heterocycles. The Hall–Kier alpha value is -2.08. The van der Waals surface area contributed by atoms with Crippen LogP contribution in [0, 0.1) is 0 Å². The first-order valence-electron chi connectivity index (χ1n) is 7.03. The molecule has 6 nitrogen and oxygen atoms in total. The number of rotatable bonds is 1. The second-order valence-electron chi connectivity index (χ2n) is 5.84. The average molecular weight is 290 g/mol. The third-order valence-electron chi connectivity index (χ3n) is 3.99. The predicted molar refractivity (Wildman–Crippen MR) is 76.3 cm³/mol. The molecule has 0 aliphatic carbocycles. The molecule has 2 N–H and O–H groups in total. The molecule has 2 aliphatic heterocycles. The largest absolute Gasteiger partial charge is 0.482 e. The number of benzene rings is 1. The number of amides is 2. The second-order valence-corrected chi connectivity index (χ2v) is 5.84. The molecular weight excluding hydrogens is 272 g/mol. The molecule has 0 unspecified atom stereocenters. The van der Waals surface area contributed by atoms with Crippen LogP contribution in [0.5, 0.6) is 5.75 Å². The van der Waals surface area contributed by atoms with Gasteiger partial charge in [0.15, 0.2) is 6.61 Å². The number of nitrogens with zero attached hydrogens (tertiary/aromatic N) is 1. The van der Waals surface area contributed by atoms with Gasteiger partial charge in [0.2, 0.25) is 0 Å². The van der Waals surface area contributed by atoms with Crippen LogP contribution in [0.15, 0.2) is 18.2 Å². The number of piperidine rings is 1. The van der Waals surface area contributed by atoms with Gasteiger partial charge in [-0.05, 0) is 38.0 Å². The molecule has 6 heteroatoms. The lowest BCUT2D eigenvalue weighted by Gasteiger charge is -2.35. The van der Waals surface area contributed by atoms with E-state index in [1.54, 1.807) is 30.0 Å². The number of carbonyl (C=O) groups excluding carboxylic acids is 2. The van der Waals surface area contributed by atoms with Crippen LogP contribution in [-0.4, -0.2) is 47.1 Å². The lowest BCUT2D eigenvalue weighted by atomic mass is 9.93. The van der Waals surface area contributed by atoms with Gasteiger partial charge < -0.3 is 20.1 Å². The summed E-state index contributed by atoms with van der Waals surface area (Å²) in [6.07, 6.45) is 1.15. The number of ether oxygens (including phenoxy) is 1. The predicted octanol–water partition coefficient (Wildman–Crippen LogP) is 1.00. The molecule has 3 rings (SSSR count). The Labute approximate surface area is 122 Å². The van der Waals surface area contributed by atoms with Gasteiger partial charge in [0.25, 0.3) is 11.8 Å². The Morgan fingerprint density at radius 3 is 2.81 bits per heavy atom. The summed E-state index contributed by atoms with van der Waals surface area (Å²) in [5.41, 5.74) is 0.358. The molecule has 0 atom stereocenters. The first-order chi connectivity index (χ1) is 9.94. The van der Waals surface area contributed by atoms with E-state index in [0.717, 1.165) is 0 Å². The van der Waals surface area contributed by atoms with Gasteiger partial charge in [-0.2, -0.15) is 0 Å². The molecule has 1 fully saturated rings. The second kappa shape index (κ2) is 5.04. The van der Waals surface area contributed by atoms with E-state index in [1.807, 2.05) is 0 Å². The molecule has 2 amide bonds. The van der Waals surface area contributed by atoms with Crippen LogP contribution in [0.1, 0.15) is 30.1 Å². The standard InChI is InChI=1S/C15H18N2O4/c1-15(20)4-6-17(7-5-15)14(19)10-2-3-12-11(8-10)16-13(18)9-21-12/h2-3,8,20H,4-7,9H2,1H3,(H,16,18). The highest BCUT2D eigenvalue weighted by atomic mass is 16.5. The summed E-state index contributed by atoms with van der Waals surface area (Å²) < 4.78 is 5.27. The molecule has 2 heterocycles. The lowest BCUT2D eigenvalue weighted by Crippen LogP contribution is -2.45. The van der Waals surface area contributed by atoms with Crippen molar-refractivity contribution in [3.05, 3.63) is 23.8 Å². The van der Waals surface area contributed by atoms with Crippen molar-refractivity contribution in [3.63, 3.8) is 0 Å². The van der Waals surface area contributed by atoms with Crippen molar-refractivity contribution >= 4 is 17.5 Å². The first kappa shape index (κ1) is 13.9. The van der Waals surface area contributed by atoms with E-state index >= 15 is 0 Å². The van der Waals surface area contributed by atoms with Gasteiger partial charge in [-0.3, -0.25) is 9.59 Å². The van der Waals surface area contributed by atoms with Crippen LogP contribution < -0.4 is 10.1 Å².